The number of phosphoric acid groups is 1. The standard InChI is InChI=1S/C11H11O4P/c1-14-16(12,13)15-11-8-4-6-9-5-2-3-7-10(9)11/h2-8H,1H3,(H,12,13). The van der Waals surface area contributed by atoms with Gasteiger partial charge < -0.3 is 4.52 Å². The second-order valence-corrected chi connectivity index (χ2v) is 4.70. The molecule has 0 amide bonds. The minimum absolute atomic E-state index is 0.339. The van der Waals surface area contributed by atoms with Gasteiger partial charge in [-0.3, -0.25) is 9.42 Å². The van der Waals surface area contributed by atoms with Crippen LogP contribution >= 0.6 is 7.82 Å². The monoisotopic (exact) mass is 238 g/mol. The summed E-state index contributed by atoms with van der Waals surface area (Å²) in [7, 11) is -2.87. The molecule has 5 heteroatoms. The van der Waals surface area contributed by atoms with Crippen molar-refractivity contribution in [2.24, 2.45) is 0 Å². The van der Waals surface area contributed by atoms with E-state index in [9.17, 15) is 9.46 Å². The summed E-state index contributed by atoms with van der Waals surface area (Å²) in [5, 5.41) is 1.72. The summed E-state index contributed by atoms with van der Waals surface area (Å²) >= 11 is 0. The second-order valence-electron chi connectivity index (χ2n) is 3.22. The lowest BCUT2D eigenvalue weighted by Crippen LogP contribution is -1.94. The lowest BCUT2D eigenvalue weighted by molar-refractivity contribution is 0.243. The molecule has 0 spiro atoms. The van der Waals surface area contributed by atoms with Crippen molar-refractivity contribution in [1.82, 2.24) is 0 Å². The average Bonchev–Trinajstić information content (AvgIpc) is 2.29. The molecule has 0 heterocycles. The van der Waals surface area contributed by atoms with Crippen molar-refractivity contribution in [3.63, 3.8) is 0 Å². The predicted octanol–water partition coefficient (Wildman–Crippen LogP) is 2.97. The molecule has 0 aliphatic carbocycles. The van der Waals surface area contributed by atoms with Crippen molar-refractivity contribution in [1.29, 1.82) is 0 Å². The van der Waals surface area contributed by atoms with Crippen molar-refractivity contribution in [3.8, 4) is 5.75 Å². The van der Waals surface area contributed by atoms with Crippen molar-refractivity contribution >= 4 is 18.6 Å². The zero-order valence-electron chi connectivity index (χ0n) is 8.66. The SMILES string of the molecule is COP(=O)(O)Oc1cccc2ccccc12. The summed E-state index contributed by atoms with van der Waals surface area (Å²) in [6.45, 7) is 0. The molecule has 1 atom stereocenters. The van der Waals surface area contributed by atoms with Crippen molar-refractivity contribution < 1.29 is 18.5 Å². The molecule has 0 saturated heterocycles. The quantitative estimate of drug-likeness (QED) is 0.835. The van der Waals surface area contributed by atoms with Gasteiger partial charge in [0.15, 0.2) is 0 Å². The Morgan fingerprint density at radius 1 is 1.12 bits per heavy atom. The van der Waals surface area contributed by atoms with Crippen LogP contribution in [-0.2, 0) is 9.09 Å². The minimum Gasteiger partial charge on any atom is -0.403 e. The Hall–Kier alpha value is -1.35. The normalized spacial score (nSPS) is 14.6. The fourth-order valence-corrected chi connectivity index (χ4v) is 1.92. The van der Waals surface area contributed by atoms with E-state index in [0.29, 0.717) is 5.75 Å². The lowest BCUT2D eigenvalue weighted by Gasteiger charge is -2.12. The summed E-state index contributed by atoms with van der Waals surface area (Å²) in [6.07, 6.45) is 0. The first-order chi connectivity index (χ1) is 7.62. The molecule has 4 nitrogen and oxygen atoms in total. The van der Waals surface area contributed by atoms with Crippen molar-refractivity contribution in [2.45, 2.75) is 0 Å². The van der Waals surface area contributed by atoms with Crippen LogP contribution in [-0.4, -0.2) is 12.0 Å². The van der Waals surface area contributed by atoms with Gasteiger partial charge >= 0.3 is 7.82 Å². The first kappa shape index (κ1) is 11.1. The maximum absolute atomic E-state index is 11.3. The molecule has 2 aromatic carbocycles. The maximum atomic E-state index is 11.3. The third-order valence-electron chi connectivity index (χ3n) is 2.19. The Bertz CT molecular complexity index is 547. The van der Waals surface area contributed by atoms with E-state index in [1.807, 2.05) is 30.3 Å². The Morgan fingerprint density at radius 3 is 2.56 bits per heavy atom. The molecule has 0 radical (unpaired) electrons. The van der Waals surface area contributed by atoms with E-state index in [0.717, 1.165) is 17.9 Å². The van der Waals surface area contributed by atoms with Gasteiger partial charge in [0.1, 0.15) is 5.75 Å². The van der Waals surface area contributed by atoms with Gasteiger partial charge in [-0.2, -0.15) is 0 Å². The highest BCUT2D eigenvalue weighted by Gasteiger charge is 2.21. The van der Waals surface area contributed by atoms with Gasteiger partial charge in [0.2, 0.25) is 0 Å². The maximum Gasteiger partial charge on any atom is 0.527 e. The molecular formula is C11H11O4P. The summed E-state index contributed by atoms with van der Waals surface area (Å²) in [4.78, 5) is 9.25. The molecular weight excluding hydrogens is 227 g/mol. The largest absolute Gasteiger partial charge is 0.527 e. The summed E-state index contributed by atoms with van der Waals surface area (Å²) in [5.41, 5.74) is 0. The van der Waals surface area contributed by atoms with E-state index in [1.165, 1.54) is 0 Å². The van der Waals surface area contributed by atoms with Crippen LogP contribution in [0.5, 0.6) is 5.75 Å². The van der Waals surface area contributed by atoms with Crippen LogP contribution in [0.25, 0.3) is 10.8 Å². The van der Waals surface area contributed by atoms with Crippen LogP contribution in [0.4, 0.5) is 0 Å². The van der Waals surface area contributed by atoms with Crippen molar-refractivity contribution in [3.05, 3.63) is 42.5 Å². The Morgan fingerprint density at radius 2 is 1.81 bits per heavy atom. The van der Waals surface area contributed by atoms with E-state index >= 15 is 0 Å². The molecule has 84 valence electrons. The molecule has 0 aromatic heterocycles. The zero-order chi connectivity index (χ0) is 11.6. The molecule has 1 unspecified atom stereocenters. The molecule has 0 bridgehead atoms. The first-order valence-electron chi connectivity index (χ1n) is 4.68. The van der Waals surface area contributed by atoms with Gasteiger partial charge in [-0.05, 0) is 11.5 Å². The molecule has 16 heavy (non-hydrogen) atoms. The summed E-state index contributed by atoms with van der Waals surface area (Å²) in [6, 6.07) is 12.7. The van der Waals surface area contributed by atoms with Crippen LogP contribution in [0.3, 0.4) is 0 Å². The molecule has 1 N–H and O–H groups in total. The van der Waals surface area contributed by atoms with Crippen LogP contribution in [0.1, 0.15) is 0 Å². The number of phosphoric ester groups is 1. The molecule has 0 aliphatic rings. The molecule has 0 fully saturated rings. The smallest absolute Gasteiger partial charge is 0.403 e. The second kappa shape index (κ2) is 4.26. The van der Waals surface area contributed by atoms with E-state index in [-0.39, 0.29) is 0 Å². The first-order valence-corrected chi connectivity index (χ1v) is 6.18. The number of hydrogen-bond donors (Lipinski definition) is 1. The predicted molar refractivity (Wildman–Crippen MR) is 61.4 cm³/mol. The highest BCUT2D eigenvalue weighted by atomic mass is 31.2. The lowest BCUT2D eigenvalue weighted by atomic mass is 10.1. The van der Waals surface area contributed by atoms with Crippen LogP contribution < -0.4 is 4.52 Å². The van der Waals surface area contributed by atoms with Gasteiger partial charge in [0.05, 0.1) is 0 Å². The molecule has 2 aromatic rings. The third kappa shape index (κ3) is 2.25. The van der Waals surface area contributed by atoms with Crippen molar-refractivity contribution in [2.75, 3.05) is 7.11 Å². The number of fused-ring (bicyclic) bond motifs is 1. The van der Waals surface area contributed by atoms with E-state index in [2.05, 4.69) is 4.52 Å². The number of benzene rings is 2. The fraction of sp³-hybridized carbons (Fsp3) is 0.0909. The Balaban J connectivity index is 2.49. The zero-order valence-corrected chi connectivity index (χ0v) is 9.56. The molecule has 0 saturated carbocycles. The topological polar surface area (TPSA) is 55.8 Å². The third-order valence-corrected chi connectivity index (χ3v) is 3.08. The van der Waals surface area contributed by atoms with Crippen LogP contribution in [0, 0.1) is 0 Å². The van der Waals surface area contributed by atoms with E-state index < -0.39 is 7.82 Å². The molecule has 2 rings (SSSR count). The van der Waals surface area contributed by atoms with Gasteiger partial charge in [0.25, 0.3) is 0 Å². The van der Waals surface area contributed by atoms with E-state index in [4.69, 9.17) is 4.52 Å². The fourth-order valence-electron chi connectivity index (χ4n) is 1.44. The van der Waals surface area contributed by atoms with Crippen LogP contribution in [0.2, 0.25) is 0 Å². The Kier molecular flexibility index (Phi) is 2.97. The molecule has 0 aliphatic heterocycles. The number of rotatable bonds is 3. The van der Waals surface area contributed by atoms with Crippen LogP contribution in [0.15, 0.2) is 42.5 Å². The Labute approximate surface area is 93.0 Å². The van der Waals surface area contributed by atoms with E-state index in [1.54, 1.807) is 12.1 Å². The number of hydrogen-bond acceptors (Lipinski definition) is 3. The van der Waals surface area contributed by atoms with Gasteiger partial charge in [-0.25, -0.2) is 4.57 Å². The van der Waals surface area contributed by atoms with Gasteiger partial charge in [-0.1, -0.05) is 36.4 Å². The average molecular weight is 238 g/mol. The summed E-state index contributed by atoms with van der Waals surface area (Å²) < 4.78 is 20.6. The van der Waals surface area contributed by atoms with Gasteiger partial charge in [-0.15, -0.1) is 0 Å². The summed E-state index contributed by atoms with van der Waals surface area (Å²) in [5.74, 6) is 0.339. The highest BCUT2D eigenvalue weighted by Crippen LogP contribution is 2.44. The minimum atomic E-state index is -4.00. The highest BCUT2D eigenvalue weighted by molar-refractivity contribution is 7.47. The van der Waals surface area contributed by atoms with Gasteiger partial charge in [0, 0.05) is 12.5 Å².